The number of aliphatic hydroxyl groups excluding tert-OH is 1. The normalized spacial score (nSPS) is 18.5. The minimum atomic E-state index is -0.995. The van der Waals surface area contributed by atoms with Crippen LogP contribution >= 0.6 is 0 Å². The first-order valence-electron chi connectivity index (χ1n) is 8.69. The van der Waals surface area contributed by atoms with Crippen LogP contribution in [0.2, 0.25) is 0 Å². The fourth-order valence-corrected chi connectivity index (χ4v) is 3.12. The highest BCUT2D eigenvalue weighted by molar-refractivity contribution is 5.78. The highest BCUT2D eigenvalue weighted by atomic mass is 16.5. The second-order valence-electron chi connectivity index (χ2n) is 6.93. The molecule has 2 rings (SSSR count). The average molecular weight is 319 g/mol. The van der Waals surface area contributed by atoms with Crippen LogP contribution in [0.25, 0.3) is 0 Å². The molecule has 0 saturated heterocycles. The van der Waals surface area contributed by atoms with Gasteiger partial charge in [0, 0.05) is 5.92 Å². The molecule has 4 heteroatoms. The number of carbonyl (C=O) groups excluding carboxylic acids is 1. The van der Waals surface area contributed by atoms with Crippen LogP contribution in [0.4, 0.5) is 0 Å². The van der Waals surface area contributed by atoms with E-state index in [9.17, 15) is 9.90 Å². The molecule has 23 heavy (non-hydrogen) atoms. The summed E-state index contributed by atoms with van der Waals surface area (Å²) in [5.74, 6) is 0.785. The molecule has 0 spiro atoms. The molecule has 1 aromatic rings. The Kier molecular flexibility index (Phi) is 6.46. The summed E-state index contributed by atoms with van der Waals surface area (Å²) in [6.45, 7) is 5.96. The summed E-state index contributed by atoms with van der Waals surface area (Å²) in [4.78, 5) is 12.3. The van der Waals surface area contributed by atoms with E-state index < -0.39 is 12.3 Å². The lowest BCUT2D eigenvalue weighted by atomic mass is 9.88. The van der Waals surface area contributed by atoms with Crippen LogP contribution in [0.5, 0.6) is 5.75 Å². The van der Waals surface area contributed by atoms with E-state index in [-0.39, 0.29) is 17.7 Å². The molecule has 0 radical (unpaired) electrons. The van der Waals surface area contributed by atoms with E-state index in [1.165, 1.54) is 6.42 Å². The SMILES string of the molecule is Cc1cccc(OC(C(C)C)C(O)NC(=O)C2CCCCC2)c1. The number of hydrogen-bond acceptors (Lipinski definition) is 3. The third-order valence-electron chi connectivity index (χ3n) is 4.50. The predicted octanol–water partition coefficient (Wildman–Crippen LogP) is 3.41. The van der Waals surface area contributed by atoms with Crippen LogP contribution in [0.3, 0.4) is 0 Å². The Hall–Kier alpha value is -1.55. The smallest absolute Gasteiger partial charge is 0.225 e. The Labute approximate surface area is 139 Å². The summed E-state index contributed by atoms with van der Waals surface area (Å²) in [6, 6.07) is 7.73. The molecule has 0 heterocycles. The molecular weight excluding hydrogens is 290 g/mol. The van der Waals surface area contributed by atoms with Crippen LogP contribution in [0.15, 0.2) is 24.3 Å². The number of hydrogen-bond donors (Lipinski definition) is 2. The van der Waals surface area contributed by atoms with Crippen molar-refractivity contribution in [1.82, 2.24) is 5.32 Å². The number of benzene rings is 1. The van der Waals surface area contributed by atoms with E-state index in [0.29, 0.717) is 0 Å². The van der Waals surface area contributed by atoms with E-state index in [4.69, 9.17) is 4.74 Å². The molecule has 0 bridgehead atoms. The van der Waals surface area contributed by atoms with Crippen molar-refractivity contribution < 1.29 is 14.6 Å². The topological polar surface area (TPSA) is 58.6 Å². The van der Waals surface area contributed by atoms with Gasteiger partial charge in [-0.15, -0.1) is 0 Å². The van der Waals surface area contributed by atoms with Gasteiger partial charge in [0.25, 0.3) is 0 Å². The molecule has 0 aliphatic heterocycles. The first-order chi connectivity index (χ1) is 11.0. The van der Waals surface area contributed by atoms with E-state index in [2.05, 4.69) is 5.32 Å². The summed E-state index contributed by atoms with van der Waals surface area (Å²) >= 11 is 0. The molecule has 128 valence electrons. The number of aryl methyl sites for hydroxylation is 1. The first-order valence-corrected chi connectivity index (χ1v) is 8.69. The van der Waals surface area contributed by atoms with Crippen LogP contribution in [-0.4, -0.2) is 23.3 Å². The molecule has 1 saturated carbocycles. The van der Waals surface area contributed by atoms with Gasteiger partial charge in [0.1, 0.15) is 11.9 Å². The van der Waals surface area contributed by atoms with Gasteiger partial charge in [-0.1, -0.05) is 45.2 Å². The Morgan fingerprint density at radius 3 is 2.57 bits per heavy atom. The van der Waals surface area contributed by atoms with E-state index in [0.717, 1.165) is 37.0 Å². The Balaban J connectivity index is 1.97. The van der Waals surface area contributed by atoms with Gasteiger partial charge in [0.05, 0.1) is 0 Å². The zero-order valence-electron chi connectivity index (χ0n) is 14.4. The maximum absolute atomic E-state index is 12.3. The third kappa shape index (κ3) is 5.24. The molecule has 1 amide bonds. The van der Waals surface area contributed by atoms with Crippen molar-refractivity contribution in [3.05, 3.63) is 29.8 Å². The molecule has 2 N–H and O–H groups in total. The summed E-state index contributed by atoms with van der Waals surface area (Å²) in [5, 5.41) is 13.2. The van der Waals surface area contributed by atoms with Crippen LogP contribution in [0, 0.1) is 18.8 Å². The molecule has 1 aliphatic rings. The average Bonchev–Trinajstić information content (AvgIpc) is 2.53. The van der Waals surface area contributed by atoms with Gasteiger partial charge in [-0.2, -0.15) is 0 Å². The zero-order chi connectivity index (χ0) is 16.8. The zero-order valence-corrected chi connectivity index (χ0v) is 14.4. The maximum atomic E-state index is 12.3. The van der Waals surface area contributed by atoms with Crippen LogP contribution in [-0.2, 0) is 4.79 Å². The molecule has 2 unspecified atom stereocenters. The number of carbonyl (C=O) groups is 1. The molecule has 1 aliphatic carbocycles. The van der Waals surface area contributed by atoms with Crippen molar-refractivity contribution >= 4 is 5.91 Å². The van der Waals surface area contributed by atoms with E-state index in [1.807, 2.05) is 45.0 Å². The van der Waals surface area contributed by atoms with Crippen molar-refractivity contribution in [2.24, 2.45) is 11.8 Å². The lowest BCUT2D eigenvalue weighted by Crippen LogP contribution is -2.50. The van der Waals surface area contributed by atoms with Gasteiger partial charge in [0.15, 0.2) is 6.23 Å². The van der Waals surface area contributed by atoms with Gasteiger partial charge < -0.3 is 15.2 Å². The predicted molar refractivity (Wildman–Crippen MR) is 91.2 cm³/mol. The quantitative estimate of drug-likeness (QED) is 0.790. The number of aliphatic hydroxyl groups is 1. The highest BCUT2D eigenvalue weighted by Crippen LogP contribution is 2.24. The minimum absolute atomic E-state index is 0.0326. The van der Waals surface area contributed by atoms with Crippen molar-refractivity contribution in [1.29, 1.82) is 0 Å². The molecule has 4 nitrogen and oxygen atoms in total. The van der Waals surface area contributed by atoms with Gasteiger partial charge in [-0.3, -0.25) is 4.79 Å². The van der Waals surface area contributed by atoms with Gasteiger partial charge in [0.2, 0.25) is 5.91 Å². The molecule has 0 aromatic heterocycles. The molecular formula is C19H29NO3. The van der Waals surface area contributed by atoms with Gasteiger partial charge >= 0.3 is 0 Å². The number of amides is 1. The highest BCUT2D eigenvalue weighted by Gasteiger charge is 2.29. The fraction of sp³-hybridized carbons (Fsp3) is 0.632. The van der Waals surface area contributed by atoms with E-state index >= 15 is 0 Å². The number of nitrogens with one attached hydrogen (secondary N) is 1. The fourth-order valence-electron chi connectivity index (χ4n) is 3.12. The Morgan fingerprint density at radius 1 is 1.26 bits per heavy atom. The van der Waals surface area contributed by atoms with Crippen LogP contribution in [0.1, 0.15) is 51.5 Å². The van der Waals surface area contributed by atoms with Crippen molar-refractivity contribution in [2.75, 3.05) is 0 Å². The van der Waals surface area contributed by atoms with E-state index in [1.54, 1.807) is 0 Å². The molecule has 1 aromatic carbocycles. The third-order valence-corrected chi connectivity index (χ3v) is 4.50. The Bertz CT molecular complexity index is 509. The van der Waals surface area contributed by atoms with Crippen LogP contribution < -0.4 is 10.1 Å². The summed E-state index contributed by atoms with van der Waals surface area (Å²) in [7, 11) is 0. The van der Waals surface area contributed by atoms with Crippen molar-refractivity contribution in [3.8, 4) is 5.75 Å². The van der Waals surface area contributed by atoms with Gasteiger partial charge in [-0.05, 0) is 43.4 Å². The second kappa shape index (κ2) is 8.34. The first kappa shape index (κ1) is 17.8. The number of rotatable bonds is 6. The van der Waals surface area contributed by atoms with Gasteiger partial charge in [-0.25, -0.2) is 0 Å². The summed E-state index contributed by atoms with van der Waals surface area (Å²) in [5.41, 5.74) is 1.10. The summed E-state index contributed by atoms with van der Waals surface area (Å²) in [6.07, 6.45) is 3.78. The number of ether oxygens (including phenoxy) is 1. The lowest BCUT2D eigenvalue weighted by Gasteiger charge is -2.30. The molecule has 2 atom stereocenters. The minimum Gasteiger partial charge on any atom is -0.485 e. The van der Waals surface area contributed by atoms with Crippen molar-refractivity contribution in [2.45, 2.75) is 65.2 Å². The second-order valence-corrected chi connectivity index (χ2v) is 6.93. The summed E-state index contributed by atoms with van der Waals surface area (Å²) < 4.78 is 5.94. The lowest BCUT2D eigenvalue weighted by molar-refractivity contribution is -0.131. The Morgan fingerprint density at radius 2 is 1.96 bits per heavy atom. The largest absolute Gasteiger partial charge is 0.485 e. The standard InChI is InChI=1S/C19H29NO3/c1-13(2)17(23-16-11-7-8-14(3)12-16)19(22)20-18(21)15-9-5-4-6-10-15/h7-8,11-13,15,17,19,22H,4-6,9-10H2,1-3H3,(H,20,21). The monoisotopic (exact) mass is 319 g/mol. The maximum Gasteiger partial charge on any atom is 0.225 e. The van der Waals surface area contributed by atoms with Crippen molar-refractivity contribution in [3.63, 3.8) is 0 Å². The molecule has 1 fully saturated rings.